The molecule has 112 valence electrons. The Kier molecular flexibility index (Phi) is 5.42. The van der Waals surface area contributed by atoms with Gasteiger partial charge in [0, 0.05) is 10.2 Å². The minimum absolute atomic E-state index is 0.151. The van der Waals surface area contributed by atoms with Gasteiger partial charge in [0.2, 0.25) is 0 Å². The zero-order valence-electron chi connectivity index (χ0n) is 11.7. The van der Waals surface area contributed by atoms with Gasteiger partial charge in [-0.05, 0) is 48.9 Å². The number of anilines is 1. The molecule has 0 heterocycles. The first-order valence-electron chi connectivity index (χ1n) is 6.38. The fourth-order valence-electron chi connectivity index (χ4n) is 1.83. The number of aryl methyl sites for hydroxylation is 1. The number of nitrogens with zero attached hydrogens (tertiary/aromatic N) is 1. The maximum atomic E-state index is 11.9. The van der Waals surface area contributed by atoms with Crippen molar-refractivity contribution in [2.45, 2.75) is 6.92 Å². The molecule has 1 N–H and O–H groups in total. The molecule has 6 heteroatoms. The highest BCUT2D eigenvalue weighted by molar-refractivity contribution is 9.10. The lowest BCUT2D eigenvalue weighted by molar-refractivity contribution is -0.118. The van der Waals surface area contributed by atoms with Gasteiger partial charge in [0.1, 0.15) is 5.75 Å². The Morgan fingerprint density at radius 3 is 2.64 bits per heavy atom. The van der Waals surface area contributed by atoms with E-state index in [1.807, 2.05) is 19.1 Å². The van der Waals surface area contributed by atoms with Gasteiger partial charge in [-0.25, -0.2) is 0 Å². The molecule has 4 nitrogen and oxygen atoms in total. The minimum atomic E-state index is -0.303. The first-order valence-corrected chi connectivity index (χ1v) is 7.55. The van der Waals surface area contributed by atoms with Gasteiger partial charge in [0.25, 0.3) is 5.91 Å². The lowest BCUT2D eigenvalue weighted by atomic mass is 10.2. The third-order valence-electron chi connectivity index (χ3n) is 2.84. The van der Waals surface area contributed by atoms with Crippen molar-refractivity contribution in [2.24, 2.45) is 0 Å². The molecule has 1 amide bonds. The van der Waals surface area contributed by atoms with E-state index in [9.17, 15) is 4.79 Å². The largest absolute Gasteiger partial charge is 0.482 e. The molecule has 0 aliphatic carbocycles. The van der Waals surface area contributed by atoms with Gasteiger partial charge in [-0.3, -0.25) is 4.79 Å². The quantitative estimate of drug-likeness (QED) is 0.861. The molecule has 0 aliphatic rings. The van der Waals surface area contributed by atoms with Crippen LogP contribution in [0.5, 0.6) is 5.75 Å². The van der Waals surface area contributed by atoms with Crippen LogP contribution < -0.4 is 10.1 Å². The lowest BCUT2D eigenvalue weighted by Crippen LogP contribution is -2.20. The van der Waals surface area contributed by atoms with Crippen LogP contribution in [0.15, 0.2) is 40.9 Å². The number of amides is 1. The Hall–Kier alpha value is -2.03. The number of halogens is 2. The number of rotatable bonds is 4. The Morgan fingerprint density at radius 1 is 1.36 bits per heavy atom. The molecular weight excluding hydrogens is 368 g/mol. The molecule has 0 saturated heterocycles. The summed E-state index contributed by atoms with van der Waals surface area (Å²) in [7, 11) is 0. The topological polar surface area (TPSA) is 62.1 Å². The summed E-state index contributed by atoms with van der Waals surface area (Å²) in [5.74, 6) is 0.183. The fraction of sp³-hybridized carbons (Fsp3) is 0.125. The first kappa shape index (κ1) is 16.3. The van der Waals surface area contributed by atoms with Crippen molar-refractivity contribution >= 4 is 39.1 Å². The van der Waals surface area contributed by atoms with Crippen LogP contribution in [0.4, 0.5) is 5.69 Å². The lowest BCUT2D eigenvalue weighted by Gasteiger charge is -2.11. The highest BCUT2D eigenvalue weighted by atomic mass is 79.9. The molecule has 0 fully saturated rings. The summed E-state index contributed by atoms with van der Waals surface area (Å²) in [5.41, 5.74) is 1.98. The summed E-state index contributed by atoms with van der Waals surface area (Å²) in [4.78, 5) is 11.9. The maximum absolute atomic E-state index is 11.9. The highest BCUT2D eigenvalue weighted by Gasteiger charge is 2.10. The number of ether oxygens (including phenoxy) is 1. The number of hydrogen-bond donors (Lipinski definition) is 1. The molecule has 2 rings (SSSR count). The molecule has 0 radical (unpaired) electrons. The van der Waals surface area contributed by atoms with E-state index in [4.69, 9.17) is 21.6 Å². The smallest absolute Gasteiger partial charge is 0.262 e. The minimum Gasteiger partial charge on any atom is -0.482 e. The molecule has 0 atom stereocenters. The third-order valence-corrected chi connectivity index (χ3v) is 3.58. The zero-order valence-corrected chi connectivity index (χ0v) is 14.0. The van der Waals surface area contributed by atoms with Crippen molar-refractivity contribution in [1.82, 2.24) is 0 Å². The number of nitriles is 1. The fourth-order valence-corrected chi connectivity index (χ4v) is 2.86. The third kappa shape index (κ3) is 4.23. The van der Waals surface area contributed by atoms with Gasteiger partial charge in [-0.15, -0.1) is 0 Å². The number of hydrogen-bond acceptors (Lipinski definition) is 3. The second-order valence-corrected chi connectivity index (χ2v) is 5.88. The van der Waals surface area contributed by atoms with E-state index in [2.05, 4.69) is 21.2 Å². The van der Waals surface area contributed by atoms with Crippen molar-refractivity contribution < 1.29 is 9.53 Å². The van der Waals surface area contributed by atoms with Gasteiger partial charge in [0.15, 0.2) is 6.61 Å². The number of nitrogens with one attached hydrogen (secondary N) is 1. The number of carbonyl (C=O) groups is 1. The van der Waals surface area contributed by atoms with Crippen molar-refractivity contribution in [3.63, 3.8) is 0 Å². The van der Waals surface area contributed by atoms with E-state index in [1.54, 1.807) is 30.3 Å². The monoisotopic (exact) mass is 378 g/mol. The van der Waals surface area contributed by atoms with Gasteiger partial charge in [-0.2, -0.15) is 5.26 Å². The second kappa shape index (κ2) is 7.30. The predicted molar refractivity (Wildman–Crippen MR) is 89.2 cm³/mol. The average molecular weight is 380 g/mol. The normalized spacial score (nSPS) is 9.91. The first-order chi connectivity index (χ1) is 10.5. The van der Waals surface area contributed by atoms with Crippen LogP contribution in [0.2, 0.25) is 5.02 Å². The molecular formula is C16H12BrClN2O2. The van der Waals surface area contributed by atoms with Crippen molar-refractivity contribution in [3.05, 3.63) is 57.0 Å². The molecule has 0 bridgehead atoms. The molecule has 0 aromatic heterocycles. The predicted octanol–water partition coefficient (Wildman–Crippen LogP) is 4.30. The van der Waals surface area contributed by atoms with Crippen LogP contribution in [0.3, 0.4) is 0 Å². The van der Waals surface area contributed by atoms with Crippen molar-refractivity contribution in [2.75, 3.05) is 11.9 Å². The summed E-state index contributed by atoms with van der Waals surface area (Å²) in [6, 6.07) is 12.2. The molecule has 0 spiro atoms. The van der Waals surface area contributed by atoms with E-state index in [0.29, 0.717) is 22.0 Å². The van der Waals surface area contributed by atoms with Gasteiger partial charge >= 0.3 is 0 Å². The molecule has 2 aromatic rings. The molecule has 2 aromatic carbocycles. The Balaban J connectivity index is 1.97. The van der Waals surface area contributed by atoms with Crippen LogP contribution in [0, 0.1) is 18.3 Å². The second-order valence-electron chi connectivity index (χ2n) is 4.56. The average Bonchev–Trinajstić information content (AvgIpc) is 2.47. The summed E-state index contributed by atoms with van der Waals surface area (Å²) < 4.78 is 6.34. The van der Waals surface area contributed by atoms with Crippen molar-refractivity contribution in [1.29, 1.82) is 5.26 Å². The standard InChI is InChI=1S/C16H12BrClN2O2/c1-10-6-12(17)7-14(18)16(10)22-9-15(21)20-13-4-2-11(8-19)3-5-13/h2-7H,9H2,1H3,(H,20,21). The van der Waals surface area contributed by atoms with Crippen LogP contribution in [0.25, 0.3) is 0 Å². The molecule has 0 unspecified atom stereocenters. The number of benzene rings is 2. The van der Waals surface area contributed by atoms with Crippen LogP contribution in [-0.2, 0) is 4.79 Å². The molecule has 22 heavy (non-hydrogen) atoms. The Bertz CT molecular complexity index is 716. The summed E-state index contributed by atoms with van der Waals surface area (Å²) in [6.07, 6.45) is 0. The van der Waals surface area contributed by atoms with E-state index in [-0.39, 0.29) is 12.5 Å². The van der Waals surface area contributed by atoms with Crippen LogP contribution >= 0.6 is 27.5 Å². The molecule has 0 aliphatic heterocycles. The summed E-state index contributed by atoms with van der Waals surface area (Å²) >= 11 is 9.44. The van der Waals surface area contributed by atoms with E-state index >= 15 is 0 Å². The van der Waals surface area contributed by atoms with E-state index in [0.717, 1.165) is 10.0 Å². The van der Waals surface area contributed by atoms with E-state index in [1.165, 1.54) is 0 Å². The zero-order chi connectivity index (χ0) is 16.1. The van der Waals surface area contributed by atoms with Gasteiger partial charge < -0.3 is 10.1 Å². The summed E-state index contributed by atoms with van der Waals surface area (Å²) in [5, 5.41) is 11.8. The van der Waals surface area contributed by atoms with Gasteiger partial charge in [-0.1, -0.05) is 27.5 Å². The van der Waals surface area contributed by atoms with Crippen LogP contribution in [0.1, 0.15) is 11.1 Å². The molecule has 0 saturated carbocycles. The number of carbonyl (C=O) groups excluding carboxylic acids is 1. The van der Waals surface area contributed by atoms with Crippen LogP contribution in [-0.4, -0.2) is 12.5 Å². The highest BCUT2D eigenvalue weighted by Crippen LogP contribution is 2.31. The SMILES string of the molecule is Cc1cc(Br)cc(Cl)c1OCC(=O)Nc1ccc(C#N)cc1. The van der Waals surface area contributed by atoms with Gasteiger partial charge in [0.05, 0.1) is 16.7 Å². The van der Waals surface area contributed by atoms with Crippen molar-refractivity contribution in [3.8, 4) is 11.8 Å². The summed E-state index contributed by atoms with van der Waals surface area (Å²) in [6.45, 7) is 1.70. The van der Waals surface area contributed by atoms with E-state index < -0.39 is 0 Å². The Labute approximate surface area is 141 Å². The Morgan fingerprint density at radius 2 is 2.05 bits per heavy atom. The maximum Gasteiger partial charge on any atom is 0.262 e.